The van der Waals surface area contributed by atoms with Crippen LogP contribution in [-0.2, 0) is 20.8 Å². The van der Waals surface area contributed by atoms with Crippen molar-refractivity contribution in [3.05, 3.63) is 0 Å². The van der Waals surface area contributed by atoms with Gasteiger partial charge in [0.2, 0.25) is 0 Å². The molecule has 0 heterocycles. The summed E-state index contributed by atoms with van der Waals surface area (Å²) >= 11 is 0. The van der Waals surface area contributed by atoms with E-state index in [-0.39, 0.29) is 10.3 Å². The van der Waals surface area contributed by atoms with E-state index in [1.807, 2.05) is 0 Å². The van der Waals surface area contributed by atoms with Crippen molar-refractivity contribution in [2.24, 2.45) is 0 Å². The molecule has 0 rings (SSSR count). The molecule has 0 atom stereocenters. The topological polar surface area (TPSA) is 115 Å². The lowest BCUT2D eigenvalue weighted by molar-refractivity contribution is 0.527. The Balaban J connectivity index is 0. The monoisotopic (exact) mass is 198 g/mol. The highest BCUT2D eigenvalue weighted by atomic mass is 32.3. The molecule has 0 aliphatic rings. The molecule has 0 aromatic heterocycles. The normalized spacial score (nSPS) is 12.2. The van der Waals surface area contributed by atoms with E-state index in [1.54, 1.807) is 0 Å². The highest BCUT2D eigenvalue weighted by Crippen LogP contribution is 1.90. The Kier molecular flexibility index (Phi) is 3.94. The molecule has 0 fully saturated rings. The third kappa shape index (κ3) is 10.6. The molecule has 0 aliphatic heterocycles. The van der Waals surface area contributed by atoms with Crippen molar-refractivity contribution in [3.8, 4) is 0 Å². The number of hydrogen-bond acceptors (Lipinski definition) is 5. The zero-order valence-corrected chi connectivity index (χ0v) is 6.05. The van der Waals surface area contributed by atoms with Crippen molar-refractivity contribution >= 4 is 20.8 Å². The number of rotatable bonds is 2. The molecule has 0 radical (unpaired) electrons. The molecule has 0 aromatic carbocycles. The second-order valence-electron chi connectivity index (χ2n) is 0.959. The molecule has 0 aromatic rings. The summed E-state index contributed by atoms with van der Waals surface area (Å²) in [6, 6.07) is 0. The highest BCUT2D eigenvalue weighted by molar-refractivity contribution is 7.99. The molecule has 0 amide bonds. The van der Waals surface area contributed by atoms with Crippen LogP contribution in [0.2, 0.25) is 0 Å². The summed E-state index contributed by atoms with van der Waals surface area (Å²) in [6.07, 6.45) is 0. The van der Waals surface area contributed by atoms with Crippen LogP contribution >= 0.6 is 0 Å². The van der Waals surface area contributed by atoms with Gasteiger partial charge in [0.1, 0.15) is 0 Å². The zero-order valence-electron chi connectivity index (χ0n) is 4.41. The van der Waals surface area contributed by atoms with E-state index in [2.05, 4.69) is 0 Å². The van der Waals surface area contributed by atoms with Crippen LogP contribution in [0.15, 0.2) is 0 Å². The highest BCUT2D eigenvalue weighted by Gasteiger charge is 2.17. The van der Waals surface area contributed by atoms with Gasteiger partial charge in [0.05, 0.1) is 0 Å². The van der Waals surface area contributed by atoms with Gasteiger partial charge in [0, 0.05) is 0 Å². The lowest BCUT2D eigenvalue weighted by atomic mass is 13.9. The van der Waals surface area contributed by atoms with E-state index in [1.165, 1.54) is 0 Å². The minimum Gasteiger partial charge on any atom is -0.344 e. The Morgan fingerprint density at radius 1 is 0.900 bits per heavy atom. The summed E-state index contributed by atoms with van der Waals surface area (Å²) in [7, 11) is -11.0. The molecule has 64 valence electrons. The van der Waals surface area contributed by atoms with Gasteiger partial charge in [-0.25, -0.2) is 0 Å². The maximum absolute atomic E-state index is 11.1. The van der Waals surface area contributed by atoms with Gasteiger partial charge in [-0.3, -0.25) is 0 Å². The summed E-state index contributed by atoms with van der Waals surface area (Å²) < 4.78 is 59.3. The van der Waals surface area contributed by atoms with E-state index < -0.39 is 20.8 Å². The summed E-state index contributed by atoms with van der Waals surface area (Å²) in [5.74, 6) is 0. The molecule has 0 unspecified atom stereocenters. The van der Waals surface area contributed by atoms with Gasteiger partial charge in [-0.2, -0.15) is 16.8 Å². The van der Waals surface area contributed by atoms with Gasteiger partial charge in [0.25, 0.3) is 0 Å². The molecule has 0 spiro atoms. The molecule has 0 saturated heterocycles. The Morgan fingerprint density at radius 2 is 1.10 bits per heavy atom. The zero-order chi connectivity index (χ0) is 7.71. The van der Waals surface area contributed by atoms with E-state index in [0.29, 0.717) is 0 Å². The van der Waals surface area contributed by atoms with Gasteiger partial charge in [-0.15, -0.1) is 0 Å². The third-order valence-electron chi connectivity index (χ3n) is 0.199. The summed E-state index contributed by atoms with van der Waals surface area (Å²) in [6.45, 7) is 0. The van der Waals surface area contributed by atoms with Crippen molar-refractivity contribution in [3.63, 3.8) is 0 Å². The molecular formula is H4F2N2O4S2. The van der Waals surface area contributed by atoms with Crippen molar-refractivity contribution in [2.45, 2.75) is 0 Å². The molecule has 6 nitrogen and oxygen atoms in total. The van der Waals surface area contributed by atoms with Crippen LogP contribution in [0.4, 0.5) is 7.77 Å². The molecule has 10 heavy (non-hydrogen) atoms. The summed E-state index contributed by atoms with van der Waals surface area (Å²) in [4.78, 5) is 0. The predicted octanol–water partition coefficient (Wildman–Crippen LogP) is -0.833. The first-order chi connectivity index (χ1) is 3.71. The fraction of sp³-hybridized carbons (Fsp3) is 0. The van der Waals surface area contributed by atoms with Crippen LogP contribution in [-0.4, -0.2) is 16.8 Å². The largest absolute Gasteiger partial charge is 0.387 e. The Labute approximate surface area is 56.5 Å². The van der Waals surface area contributed by atoms with Crippen molar-refractivity contribution in [1.29, 1.82) is 0 Å². The molecule has 0 aliphatic carbocycles. The first-order valence-corrected chi connectivity index (χ1v) is 4.15. The van der Waals surface area contributed by atoms with E-state index >= 15 is 0 Å². The second-order valence-corrected chi connectivity index (χ2v) is 3.38. The molecule has 0 bridgehead atoms. The van der Waals surface area contributed by atoms with E-state index in [4.69, 9.17) is 0 Å². The maximum Gasteiger partial charge on any atom is 0.387 e. The minimum absolute atomic E-state index is 0. The van der Waals surface area contributed by atoms with Crippen molar-refractivity contribution in [1.82, 2.24) is 10.3 Å². The smallest absolute Gasteiger partial charge is 0.344 e. The Bertz CT molecular complexity index is 244. The average molecular weight is 198 g/mol. The fourth-order valence-corrected chi connectivity index (χ4v) is 1.07. The molecular weight excluding hydrogens is 194 g/mol. The number of halogens is 2. The standard InChI is InChI=1S/F2HNO4S2.H3N/c1-8(4,5)3-9(2,6)7;/h3H;1H3. The summed E-state index contributed by atoms with van der Waals surface area (Å²) in [5.41, 5.74) is 0. The van der Waals surface area contributed by atoms with Crippen LogP contribution in [0.3, 0.4) is 0 Å². The minimum atomic E-state index is -5.49. The van der Waals surface area contributed by atoms with Gasteiger partial charge in [0.15, 0.2) is 0 Å². The summed E-state index contributed by atoms with van der Waals surface area (Å²) in [5, 5.41) is 0. The predicted molar refractivity (Wildman–Crippen MR) is 28.2 cm³/mol. The van der Waals surface area contributed by atoms with Crippen LogP contribution < -0.4 is 10.3 Å². The maximum atomic E-state index is 11.1. The van der Waals surface area contributed by atoms with Crippen LogP contribution in [0, 0.1) is 0 Å². The van der Waals surface area contributed by atoms with Crippen molar-refractivity contribution < 1.29 is 24.6 Å². The molecule has 0 saturated carbocycles. The van der Waals surface area contributed by atoms with Gasteiger partial charge < -0.3 is 6.15 Å². The SMILES string of the molecule is N.O=S(=O)(F)NS(=O)(=O)F. The average Bonchev–Trinajstić information content (AvgIpc) is 1.14. The van der Waals surface area contributed by atoms with E-state index in [9.17, 15) is 24.6 Å². The molecule has 10 heteroatoms. The lowest BCUT2D eigenvalue weighted by Gasteiger charge is -1.87. The van der Waals surface area contributed by atoms with Crippen molar-refractivity contribution in [2.75, 3.05) is 0 Å². The second kappa shape index (κ2) is 3.18. The van der Waals surface area contributed by atoms with Crippen LogP contribution in [0.5, 0.6) is 0 Å². The third-order valence-corrected chi connectivity index (χ3v) is 1.79. The Hall–Kier alpha value is -0.320. The number of nitrogens with one attached hydrogen (secondary N) is 1. The molecule has 4 N–H and O–H groups in total. The lowest BCUT2D eigenvalue weighted by Crippen LogP contribution is -2.23. The van der Waals surface area contributed by atoms with Gasteiger partial charge in [-0.1, -0.05) is 11.9 Å². The fourth-order valence-electron chi connectivity index (χ4n) is 0.119. The first kappa shape index (κ1) is 12.4. The van der Waals surface area contributed by atoms with Gasteiger partial charge in [-0.05, 0) is 0 Å². The Morgan fingerprint density at radius 3 is 1.10 bits per heavy atom. The van der Waals surface area contributed by atoms with Crippen LogP contribution in [0.1, 0.15) is 0 Å². The van der Waals surface area contributed by atoms with E-state index in [0.717, 1.165) is 0 Å². The quantitative estimate of drug-likeness (QED) is 0.561. The van der Waals surface area contributed by atoms with Gasteiger partial charge >= 0.3 is 20.8 Å². The van der Waals surface area contributed by atoms with Crippen LogP contribution in [0.25, 0.3) is 0 Å². The number of hydrogen-bond donors (Lipinski definition) is 2. The first-order valence-electron chi connectivity index (χ1n) is 1.38.